The van der Waals surface area contributed by atoms with Crippen molar-refractivity contribution in [3.63, 3.8) is 0 Å². The zero-order chi connectivity index (χ0) is 15.8. The monoisotopic (exact) mass is 298 g/mol. The summed E-state index contributed by atoms with van der Waals surface area (Å²) in [5.41, 5.74) is 5.01. The van der Waals surface area contributed by atoms with E-state index in [1.165, 1.54) is 0 Å². The molecule has 0 aromatic carbocycles. The second-order valence-electron chi connectivity index (χ2n) is 5.88. The van der Waals surface area contributed by atoms with Crippen LogP contribution < -0.4 is 21.7 Å². The van der Waals surface area contributed by atoms with Crippen LogP contribution in [0.2, 0.25) is 0 Å². The Morgan fingerprint density at radius 2 is 2.00 bits per heavy atom. The number of rotatable bonds is 7. The van der Waals surface area contributed by atoms with Crippen LogP contribution in [0.4, 0.5) is 0 Å². The molecule has 0 aromatic heterocycles. The van der Waals surface area contributed by atoms with E-state index in [-0.39, 0.29) is 30.3 Å². The van der Waals surface area contributed by atoms with Gasteiger partial charge in [-0.25, -0.2) is 0 Å². The lowest BCUT2D eigenvalue weighted by Crippen LogP contribution is -2.54. The molecule has 3 amide bonds. The molecule has 5 N–H and O–H groups in total. The van der Waals surface area contributed by atoms with Crippen LogP contribution in [0.5, 0.6) is 0 Å². The standard InChI is InChI=1S/C14H26N4O3/c1-9(2)7-11(13(20)17-8-12(15)19)18-14(21)10-5-3-4-6-16-10/h9-11,16H,3-8H2,1-2H3,(H2,15,19)(H,17,20)(H,18,21). The van der Waals surface area contributed by atoms with Crippen molar-refractivity contribution in [1.29, 1.82) is 0 Å². The van der Waals surface area contributed by atoms with Gasteiger partial charge in [0.2, 0.25) is 17.7 Å². The van der Waals surface area contributed by atoms with E-state index < -0.39 is 11.9 Å². The minimum Gasteiger partial charge on any atom is -0.368 e. The van der Waals surface area contributed by atoms with Crippen molar-refractivity contribution in [3.05, 3.63) is 0 Å². The number of carbonyl (C=O) groups excluding carboxylic acids is 3. The Bertz CT molecular complexity index is 378. The Kier molecular flexibility index (Phi) is 7.14. The molecule has 7 nitrogen and oxygen atoms in total. The van der Waals surface area contributed by atoms with E-state index in [0.717, 1.165) is 25.8 Å². The van der Waals surface area contributed by atoms with E-state index in [1.54, 1.807) is 0 Å². The SMILES string of the molecule is CC(C)CC(NC(=O)C1CCCCN1)C(=O)NCC(N)=O. The quantitative estimate of drug-likeness (QED) is 0.496. The third-order valence-electron chi connectivity index (χ3n) is 3.40. The van der Waals surface area contributed by atoms with Gasteiger partial charge in [-0.2, -0.15) is 0 Å². The van der Waals surface area contributed by atoms with Crippen LogP contribution in [-0.2, 0) is 14.4 Å². The maximum absolute atomic E-state index is 12.2. The van der Waals surface area contributed by atoms with Crippen LogP contribution in [0.15, 0.2) is 0 Å². The fourth-order valence-electron chi connectivity index (χ4n) is 2.35. The van der Waals surface area contributed by atoms with Gasteiger partial charge in [-0.1, -0.05) is 20.3 Å². The number of amides is 3. The van der Waals surface area contributed by atoms with Crippen molar-refractivity contribution < 1.29 is 14.4 Å². The van der Waals surface area contributed by atoms with Crippen LogP contribution in [-0.4, -0.2) is 42.9 Å². The van der Waals surface area contributed by atoms with Crippen LogP contribution >= 0.6 is 0 Å². The number of nitrogens with two attached hydrogens (primary N) is 1. The summed E-state index contributed by atoms with van der Waals surface area (Å²) in [5.74, 6) is -0.887. The van der Waals surface area contributed by atoms with Crippen molar-refractivity contribution in [1.82, 2.24) is 16.0 Å². The number of piperidine rings is 1. The Balaban J connectivity index is 2.57. The molecule has 1 rings (SSSR count). The zero-order valence-electron chi connectivity index (χ0n) is 12.8. The van der Waals surface area contributed by atoms with E-state index in [1.807, 2.05) is 13.8 Å². The molecule has 0 aromatic rings. The van der Waals surface area contributed by atoms with Crippen molar-refractivity contribution in [2.24, 2.45) is 11.7 Å². The lowest BCUT2D eigenvalue weighted by molar-refractivity contribution is -0.131. The maximum Gasteiger partial charge on any atom is 0.243 e. The summed E-state index contributed by atoms with van der Waals surface area (Å²) in [6, 6.07) is -0.877. The molecule has 1 saturated heterocycles. The Morgan fingerprint density at radius 3 is 2.52 bits per heavy atom. The van der Waals surface area contributed by atoms with Gasteiger partial charge in [-0.3, -0.25) is 14.4 Å². The van der Waals surface area contributed by atoms with Crippen molar-refractivity contribution in [2.45, 2.75) is 51.6 Å². The fraction of sp³-hybridized carbons (Fsp3) is 0.786. The molecule has 2 atom stereocenters. The van der Waals surface area contributed by atoms with Gasteiger partial charge in [0.05, 0.1) is 12.6 Å². The van der Waals surface area contributed by atoms with Gasteiger partial charge in [-0.15, -0.1) is 0 Å². The van der Waals surface area contributed by atoms with E-state index in [0.29, 0.717) is 6.42 Å². The van der Waals surface area contributed by atoms with Gasteiger partial charge in [0.25, 0.3) is 0 Å². The van der Waals surface area contributed by atoms with Gasteiger partial charge < -0.3 is 21.7 Å². The molecule has 0 radical (unpaired) electrons. The van der Waals surface area contributed by atoms with E-state index in [2.05, 4.69) is 16.0 Å². The highest BCUT2D eigenvalue weighted by Gasteiger charge is 2.27. The first-order valence-electron chi connectivity index (χ1n) is 7.50. The Labute approximate surface area is 125 Å². The molecule has 21 heavy (non-hydrogen) atoms. The molecular formula is C14H26N4O3. The molecule has 0 aliphatic carbocycles. The minimum atomic E-state index is -0.638. The second kappa shape index (κ2) is 8.61. The largest absolute Gasteiger partial charge is 0.368 e. The first-order chi connectivity index (χ1) is 9.90. The molecule has 0 saturated carbocycles. The number of nitrogens with one attached hydrogen (secondary N) is 3. The molecule has 120 valence electrons. The van der Waals surface area contributed by atoms with Crippen molar-refractivity contribution in [2.75, 3.05) is 13.1 Å². The summed E-state index contributed by atoms with van der Waals surface area (Å²) in [6.07, 6.45) is 3.37. The zero-order valence-corrected chi connectivity index (χ0v) is 12.8. The van der Waals surface area contributed by atoms with Crippen LogP contribution in [0, 0.1) is 5.92 Å². The van der Waals surface area contributed by atoms with Gasteiger partial charge >= 0.3 is 0 Å². The van der Waals surface area contributed by atoms with E-state index in [4.69, 9.17) is 5.73 Å². The molecule has 1 heterocycles. The van der Waals surface area contributed by atoms with Crippen LogP contribution in [0.1, 0.15) is 39.5 Å². The van der Waals surface area contributed by atoms with Gasteiger partial charge in [0, 0.05) is 0 Å². The average Bonchev–Trinajstić information content (AvgIpc) is 2.44. The van der Waals surface area contributed by atoms with Crippen molar-refractivity contribution in [3.8, 4) is 0 Å². The Morgan fingerprint density at radius 1 is 1.29 bits per heavy atom. The summed E-state index contributed by atoms with van der Waals surface area (Å²) in [6.45, 7) is 4.55. The predicted molar refractivity (Wildman–Crippen MR) is 79.2 cm³/mol. The third-order valence-corrected chi connectivity index (χ3v) is 3.40. The molecule has 1 aliphatic rings. The summed E-state index contributed by atoms with van der Waals surface area (Å²) >= 11 is 0. The first-order valence-corrected chi connectivity index (χ1v) is 7.50. The van der Waals surface area contributed by atoms with Gasteiger partial charge in [0.15, 0.2) is 0 Å². The lowest BCUT2D eigenvalue weighted by Gasteiger charge is -2.26. The molecule has 0 bridgehead atoms. The molecule has 7 heteroatoms. The average molecular weight is 298 g/mol. The van der Waals surface area contributed by atoms with Gasteiger partial charge in [-0.05, 0) is 31.7 Å². The molecular weight excluding hydrogens is 272 g/mol. The maximum atomic E-state index is 12.2. The first kappa shape index (κ1) is 17.4. The fourth-order valence-corrected chi connectivity index (χ4v) is 2.35. The smallest absolute Gasteiger partial charge is 0.243 e. The highest BCUT2D eigenvalue weighted by Crippen LogP contribution is 2.09. The highest BCUT2D eigenvalue weighted by atomic mass is 16.2. The molecule has 2 unspecified atom stereocenters. The molecule has 1 fully saturated rings. The Hall–Kier alpha value is -1.63. The molecule has 1 aliphatic heterocycles. The number of primary amides is 1. The summed E-state index contributed by atoms with van der Waals surface area (Å²) in [4.78, 5) is 35.0. The van der Waals surface area contributed by atoms with E-state index in [9.17, 15) is 14.4 Å². The normalized spacial score (nSPS) is 19.9. The predicted octanol–water partition coefficient (Wildman–Crippen LogP) is -0.739. The van der Waals surface area contributed by atoms with Crippen molar-refractivity contribution >= 4 is 17.7 Å². The number of carbonyl (C=O) groups is 3. The summed E-state index contributed by atoms with van der Waals surface area (Å²) in [5, 5.41) is 8.37. The summed E-state index contributed by atoms with van der Waals surface area (Å²) in [7, 11) is 0. The minimum absolute atomic E-state index is 0.158. The summed E-state index contributed by atoms with van der Waals surface area (Å²) < 4.78 is 0. The third kappa shape index (κ3) is 6.57. The van der Waals surface area contributed by atoms with E-state index >= 15 is 0 Å². The second-order valence-corrected chi connectivity index (χ2v) is 5.88. The topological polar surface area (TPSA) is 113 Å². The van der Waals surface area contributed by atoms with Crippen LogP contribution in [0.25, 0.3) is 0 Å². The van der Waals surface area contributed by atoms with Crippen LogP contribution in [0.3, 0.4) is 0 Å². The van der Waals surface area contributed by atoms with Gasteiger partial charge in [0.1, 0.15) is 6.04 Å². The number of hydrogen-bond acceptors (Lipinski definition) is 4. The molecule has 0 spiro atoms. The lowest BCUT2D eigenvalue weighted by atomic mass is 10.0. The number of hydrogen-bond donors (Lipinski definition) is 4. The highest BCUT2D eigenvalue weighted by molar-refractivity contribution is 5.91.